The van der Waals surface area contributed by atoms with Gasteiger partial charge in [0, 0.05) is 12.8 Å². The maximum Gasteiger partial charge on any atom is 0.431 e. The van der Waals surface area contributed by atoms with Crippen LogP contribution >= 0.6 is 0 Å². The molecule has 7 amide bonds. The SMILES string of the molecule is CC[C@H](C)[C@@H](ONC(=O)[C@H](ONC(=O)[C@@H](Cc1ccccc1)ONC(=O)[C@@H](Cc1ccccc1)ONC(=O)OCc1ccccc1)[C@@H](C)CC)C(=O)NO[C@H](CC(C)C)C(=O)NO[C@H](CC(C)C)C(N)=O. The largest absolute Gasteiger partial charge is 0.443 e. The molecule has 0 radical (unpaired) electrons. The highest BCUT2D eigenvalue weighted by Gasteiger charge is 2.34. The molecule has 8 N–H and O–H groups in total. The zero-order valence-electron chi connectivity index (χ0n) is 41.7. The van der Waals surface area contributed by atoms with Gasteiger partial charge in [-0.1, -0.05) is 159 Å². The molecule has 0 fully saturated rings. The Balaban J connectivity index is 1.69. The maximum absolute atomic E-state index is 13.8. The Morgan fingerprint density at radius 1 is 0.437 bits per heavy atom. The first-order valence-corrected chi connectivity index (χ1v) is 23.7. The zero-order chi connectivity index (χ0) is 52.3. The maximum atomic E-state index is 13.8. The Hall–Kier alpha value is -6.49. The van der Waals surface area contributed by atoms with Gasteiger partial charge >= 0.3 is 6.09 Å². The van der Waals surface area contributed by atoms with Gasteiger partial charge in [0.25, 0.3) is 29.5 Å². The Bertz CT molecular complexity index is 2100. The van der Waals surface area contributed by atoms with Gasteiger partial charge in [0.2, 0.25) is 5.91 Å². The van der Waals surface area contributed by atoms with Gasteiger partial charge in [0.15, 0.2) is 36.6 Å². The molecule has 8 atom stereocenters. The topological polar surface area (TPSA) is 282 Å². The lowest BCUT2D eigenvalue weighted by molar-refractivity contribution is -0.179. The highest BCUT2D eigenvalue weighted by Crippen LogP contribution is 2.17. The number of hydroxylamine groups is 6. The van der Waals surface area contributed by atoms with Crippen LogP contribution < -0.4 is 38.6 Å². The van der Waals surface area contributed by atoms with Crippen LogP contribution in [0, 0.1) is 23.7 Å². The van der Waals surface area contributed by atoms with Crippen molar-refractivity contribution in [2.75, 3.05) is 0 Å². The van der Waals surface area contributed by atoms with E-state index in [-0.39, 0.29) is 44.1 Å². The number of rotatable bonds is 32. The van der Waals surface area contributed by atoms with Gasteiger partial charge in [-0.15, -0.1) is 0 Å². The van der Waals surface area contributed by atoms with Crippen molar-refractivity contribution in [1.82, 2.24) is 32.9 Å². The second-order valence-electron chi connectivity index (χ2n) is 17.8. The summed E-state index contributed by atoms with van der Waals surface area (Å²) >= 11 is 0. The number of benzene rings is 3. The number of nitrogens with two attached hydrogens (primary N) is 1. The van der Waals surface area contributed by atoms with Crippen LogP contribution in [0.25, 0.3) is 0 Å². The van der Waals surface area contributed by atoms with Crippen molar-refractivity contribution >= 4 is 41.5 Å². The number of nitrogens with one attached hydrogen (secondary N) is 6. The van der Waals surface area contributed by atoms with Crippen molar-refractivity contribution in [3.8, 4) is 0 Å². The minimum Gasteiger partial charge on any atom is -0.443 e. The number of hydrogen-bond acceptors (Lipinski definition) is 14. The van der Waals surface area contributed by atoms with E-state index in [0.29, 0.717) is 24.0 Å². The summed E-state index contributed by atoms with van der Waals surface area (Å²) in [5.41, 5.74) is 21.0. The van der Waals surface area contributed by atoms with Crippen LogP contribution in [0.1, 0.15) is 97.8 Å². The average molecular weight is 994 g/mol. The fourth-order valence-corrected chi connectivity index (χ4v) is 6.42. The van der Waals surface area contributed by atoms with Gasteiger partial charge in [-0.2, -0.15) is 5.48 Å². The first-order valence-electron chi connectivity index (χ1n) is 23.7. The predicted molar refractivity (Wildman–Crippen MR) is 257 cm³/mol. The molecule has 0 saturated carbocycles. The summed E-state index contributed by atoms with van der Waals surface area (Å²) in [5, 5.41) is 0. The van der Waals surface area contributed by atoms with E-state index in [1.807, 2.05) is 33.8 Å². The molecule has 0 spiro atoms. The van der Waals surface area contributed by atoms with Gasteiger partial charge in [0.1, 0.15) is 6.61 Å². The summed E-state index contributed by atoms with van der Waals surface area (Å²) < 4.78 is 5.22. The van der Waals surface area contributed by atoms with Crippen molar-refractivity contribution in [3.05, 3.63) is 108 Å². The number of carbonyl (C=O) groups excluding carboxylic acids is 7. The Morgan fingerprint density at radius 3 is 1.20 bits per heavy atom. The van der Waals surface area contributed by atoms with Crippen molar-refractivity contribution < 1.29 is 67.3 Å². The van der Waals surface area contributed by atoms with Crippen LogP contribution in [0.2, 0.25) is 0 Å². The van der Waals surface area contributed by atoms with E-state index in [2.05, 4.69) is 32.9 Å². The summed E-state index contributed by atoms with van der Waals surface area (Å²) in [6.07, 6.45) is -7.67. The third kappa shape index (κ3) is 22.0. The van der Waals surface area contributed by atoms with Crippen molar-refractivity contribution in [2.45, 2.75) is 137 Å². The summed E-state index contributed by atoms with van der Waals surface area (Å²) in [6.45, 7) is 14.3. The Kier molecular flexibility index (Phi) is 26.2. The molecule has 71 heavy (non-hydrogen) atoms. The minimum absolute atomic E-state index is 0.0159. The van der Waals surface area contributed by atoms with E-state index in [0.717, 1.165) is 5.56 Å². The highest BCUT2D eigenvalue weighted by molar-refractivity contribution is 5.85. The molecule has 0 aliphatic rings. The lowest BCUT2D eigenvalue weighted by Gasteiger charge is -2.27. The van der Waals surface area contributed by atoms with Crippen molar-refractivity contribution in [3.63, 3.8) is 0 Å². The molecule has 0 heterocycles. The number of hydrogen-bond donors (Lipinski definition) is 7. The molecule has 3 aromatic rings. The van der Waals surface area contributed by atoms with E-state index >= 15 is 0 Å². The van der Waals surface area contributed by atoms with Crippen LogP contribution in [-0.4, -0.2) is 78.2 Å². The standard InChI is InChI=1S/C50H71N7O14/c1-9-33(7)42(48(62)55-67-39(27-32(5)6)45(59)52-66-38(44(51)58)26-31(3)4)71-56-49(63)43(34(8)10-2)70-54-47(61)40(28-35-20-14-11-15-21-35)68-53-46(60)41(29-36-22-16-12-17-23-36)69-57-50(64)65-30-37-24-18-13-19-25-37/h11-25,31-34,38-43H,9-10,26-30H2,1-8H3,(H2,51,58)(H,52,59)(H,53,60)(H,54,61)(H,55,62)(H,56,63)(H,57,64)/t33-,34-,38+,39+,40+,41+,42+,43+/m0/s1. The summed E-state index contributed by atoms with van der Waals surface area (Å²) in [5.74, 6) is -6.02. The molecule has 0 saturated heterocycles. The van der Waals surface area contributed by atoms with Crippen molar-refractivity contribution in [2.24, 2.45) is 29.4 Å². The molecule has 0 aromatic heterocycles. The van der Waals surface area contributed by atoms with E-state index in [9.17, 15) is 33.6 Å². The number of primary amides is 1. The second-order valence-corrected chi connectivity index (χ2v) is 17.8. The number of amides is 7. The van der Waals surface area contributed by atoms with Crippen LogP contribution in [0.4, 0.5) is 4.79 Å². The highest BCUT2D eigenvalue weighted by atomic mass is 16.7. The average Bonchev–Trinajstić information content (AvgIpc) is 3.36. The molecule has 390 valence electrons. The fourth-order valence-electron chi connectivity index (χ4n) is 6.42. The quantitative estimate of drug-likeness (QED) is 0.0426. The number of ether oxygens (including phenoxy) is 1. The van der Waals surface area contributed by atoms with Gasteiger partial charge in [0.05, 0.1) is 0 Å². The Labute approximate surface area is 415 Å². The second kappa shape index (κ2) is 31.7. The first kappa shape index (κ1) is 58.8. The lowest BCUT2D eigenvalue weighted by Crippen LogP contribution is -2.51. The number of carbonyl (C=O) groups is 7. The predicted octanol–water partition coefficient (Wildman–Crippen LogP) is 4.45. The van der Waals surface area contributed by atoms with Crippen LogP contribution in [-0.2, 0) is 82.0 Å². The molecule has 0 unspecified atom stereocenters. The Morgan fingerprint density at radius 2 is 0.775 bits per heavy atom. The minimum atomic E-state index is -1.43. The van der Waals surface area contributed by atoms with E-state index in [4.69, 9.17) is 39.5 Å². The molecule has 3 aromatic carbocycles. The van der Waals surface area contributed by atoms with Gasteiger partial charge in [-0.3, -0.25) is 57.8 Å². The molecule has 0 bridgehead atoms. The molecular formula is C50H71N7O14. The van der Waals surface area contributed by atoms with Crippen LogP contribution in [0.3, 0.4) is 0 Å². The lowest BCUT2D eigenvalue weighted by atomic mass is 10.0. The first-order chi connectivity index (χ1) is 33.9. The third-order valence-corrected chi connectivity index (χ3v) is 10.9. The summed E-state index contributed by atoms with van der Waals surface area (Å²) in [4.78, 5) is 126. The monoisotopic (exact) mass is 994 g/mol. The van der Waals surface area contributed by atoms with Crippen LogP contribution in [0.5, 0.6) is 0 Å². The zero-order valence-corrected chi connectivity index (χ0v) is 41.7. The van der Waals surface area contributed by atoms with Gasteiger partial charge < -0.3 is 10.5 Å². The molecular weight excluding hydrogens is 923 g/mol. The molecule has 21 nitrogen and oxygen atoms in total. The summed E-state index contributed by atoms with van der Waals surface area (Å²) in [7, 11) is 0. The molecule has 0 aliphatic heterocycles. The summed E-state index contributed by atoms with van der Waals surface area (Å²) in [6, 6.07) is 26.6. The fraction of sp³-hybridized carbons (Fsp3) is 0.500. The van der Waals surface area contributed by atoms with E-state index < -0.39 is 90.0 Å². The smallest absolute Gasteiger partial charge is 0.431 e. The van der Waals surface area contributed by atoms with E-state index in [1.165, 1.54) is 0 Å². The molecule has 3 rings (SSSR count). The molecule has 0 aliphatic carbocycles. The normalized spacial score (nSPS) is 14.6. The van der Waals surface area contributed by atoms with E-state index in [1.54, 1.807) is 113 Å². The third-order valence-electron chi connectivity index (χ3n) is 10.9. The van der Waals surface area contributed by atoms with Gasteiger partial charge in [-0.25, -0.2) is 32.2 Å². The van der Waals surface area contributed by atoms with Gasteiger partial charge in [-0.05, 0) is 53.2 Å². The van der Waals surface area contributed by atoms with Crippen molar-refractivity contribution in [1.29, 1.82) is 0 Å². The molecule has 21 heteroatoms. The van der Waals surface area contributed by atoms with Crippen LogP contribution in [0.15, 0.2) is 91.0 Å².